The first-order valence-corrected chi connectivity index (χ1v) is 7.72. The van der Waals surface area contributed by atoms with Crippen molar-refractivity contribution >= 4 is 0 Å². The van der Waals surface area contributed by atoms with Gasteiger partial charge in [-0.3, -0.25) is 9.88 Å². The summed E-state index contributed by atoms with van der Waals surface area (Å²) in [5.74, 6) is 0. The number of benzene rings is 1. The maximum absolute atomic E-state index is 4.31. The zero-order chi connectivity index (χ0) is 14.5. The number of pyridine rings is 1. The van der Waals surface area contributed by atoms with Crippen molar-refractivity contribution in [3.05, 3.63) is 65.5 Å². The summed E-state index contributed by atoms with van der Waals surface area (Å²) in [5, 5.41) is 3.67. The summed E-state index contributed by atoms with van der Waals surface area (Å²) in [7, 11) is 0. The summed E-state index contributed by atoms with van der Waals surface area (Å²) in [6, 6.07) is 13.4. The van der Waals surface area contributed by atoms with Crippen molar-refractivity contribution in [2.75, 3.05) is 19.6 Å². The van der Waals surface area contributed by atoms with Crippen LogP contribution in [0.1, 0.15) is 29.2 Å². The second-order valence-corrected chi connectivity index (χ2v) is 5.88. The SMILES string of the molecule is Cc1cncc(CN2CCCNC(c3ccccc3)C2)c1. The second kappa shape index (κ2) is 6.83. The monoisotopic (exact) mass is 281 g/mol. The normalized spacial score (nSPS) is 20.1. The average molecular weight is 281 g/mol. The highest BCUT2D eigenvalue weighted by Crippen LogP contribution is 2.18. The zero-order valence-electron chi connectivity index (χ0n) is 12.6. The Balaban J connectivity index is 1.70. The minimum absolute atomic E-state index is 0.423. The number of rotatable bonds is 3. The van der Waals surface area contributed by atoms with Crippen LogP contribution in [0.3, 0.4) is 0 Å². The summed E-state index contributed by atoms with van der Waals surface area (Å²) in [4.78, 5) is 6.84. The van der Waals surface area contributed by atoms with E-state index >= 15 is 0 Å². The molecule has 1 aromatic carbocycles. The number of hydrogen-bond acceptors (Lipinski definition) is 3. The van der Waals surface area contributed by atoms with Gasteiger partial charge in [0.2, 0.25) is 0 Å². The highest BCUT2D eigenvalue weighted by molar-refractivity contribution is 5.20. The maximum Gasteiger partial charge on any atom is 0.0449 e. The number of aromatic nitrogens is 1. The third-order valence-corrected chi connectivity index (χ3v) is 4.02. The van der Waals surface area contributed by atoms with Gasteiger partial charge in [-0.05, 0) is 43.1 Å². The molecule has 110 valence electrons. The summed E-state index contributed by atoms with van der Waals surface area (Å²) in [6.45, 7) is 6.37. The van der Waals surface area contributed by atoms with Gasteiger partial charge in [-0.1, -0.05) is 36.4 Å². The smallest absolute Gasteiger partial charge is 0.0449 e. The molecule has 0 aliphatic carbocycles. The molecule has 2 heterocycles. The molecule has 3 heteroatoms. The lowest BCUT2D eigenvalue weighted by Crippen LogP contribution is -2.31. The van der Waals surface area contributed by atoms with E-state index in [9.17, 15) is 0 Å². The van der Waals surface area contributed by atoms with Crippen LogP contribution in [0, 0.1) is 6.92 Å². The van der Waals surface area contributed by atoms with Crippen LogP contribution in [-0.2, 0) is 6.54 Å². The molecule has 21 heavy (non-hydrogen) atoms. The van der Waals surface area contributed by atoms with Crippen molar-refractivity contribution < 1.29 is 0 Å². The van der Waals surface area contributed by atoms with Crippen LogP contribution in [0.4, 0.5) is 0 Å². The molecule has 2 aromatic rings. The largest absolute Gasteiger partial charge is 0.309 e. The molecule has 1 N–H and O–H groups in total. The molecule has 0 saturated carbocycles. The van der Waals surface area contributed by atoms with Crippen molar-refractivity contribution in [2.24, 2.45) is 0 Å². The number of nitrogens with one attached hydrogen (secondary N) is 1. The first-order valence-electron chi connectivity index (χ1n) is 7.72. The van der Waals surface area contributed by atoms with Crippen LogP contribution >= 0.6 is 0 Å². The van der Waals surface area contributed by atoms with Gasteiger partial charge in [0, 0.05) is 31.5 Å². The lowest BCUT2D eigenvalue weighted by molar-refractivity contribution is 0.260. The Morgan fingerprint density at radius 1 is 1.24 bits per heavy atom. The van der Waals surface area contributed by atoms with Crippen LogP contribution in [-0.4, -0.2) is 29.5 Å². The molecule has 1 aliphatic heterocycles. The van der Waals surface area contributed by atoms with Crippen molar-refractivity contribution in [1.82, 2.24) is 15.2 Å². The summed E-state index contributed by atoms with van der Waals surface area (Å²) < 4.78 is 0. The molecule has 3 rings (SSSR count). The van der Waals surface area contributed by atoms with Gasteiger partial charge in [0.25, 0.3) is 0 Å². The van der Waals surface area contributed by atoms with Crippen molar-refractivity contribution in [3.8, 4) is 0 Å². The number of hydrogen-bond donors (Lipinski definition) is 1. The van der Waals surface area contributed by atoms with Gasteiger partial charge >= 0.3 is 0 Å². The maximum atomic E-state index is 4.31. The highest BCUT2D eigenvalue weighted by Gasteiger charge is 2.19. The van der Waals surface area contributed by atoms with Gasteiger partial charge in [0.05, 0.1) is 0 Å². The van der Waals surface area contributed by atoms with Gasteiger partial charge < -0.3 is 5.32 Å². The second-order valence-electron chi connectivity index (χ2n) is 5.88. The molecule has 1 saturated heterocycles. The molecular weight excluding hydrogens is 258 g/mol. The fraction of sp³-hybridized carbons (Fsp3) is 0.389. The van der Waals surface area contributed by atoms with E-state index in [1.54, 1.807) is 0 Å². The Labute approximate surface area is 127 Å². The summed E-state index contributed by atoms with van der Waals surface area (Å²) >= 11 is 0. The third-order valence-electron chi connectivity index (χ3n) is 4.02. The lowest BCUT2D eigenvalue weighted by atomic mass is 10.1. The minimum atomic E-state index is 0.423. The van der Waals surface area contributed by atoms with E-state index in [4.69, 9.17) is 0 Å². The fourth-order valence-corrected chi connectivity index (χ4v) is 3.01. The Kier molecular flexibility index (Phi) is 4.63. The van der Waals surface area contributed by atoms with E-state index in [0.29, 0.717) is 6.04 Å². The predicted molar refractivity (Wildman–Crippen MR) is 86.1 cm³/mol. The van der Waals surface area contributed by atoms with Crippen molar-refractivity contribution in [1.29, 1.82) is 0 Å². The van der Waals surface area contributed by atoms with Crippen LogP contribution in [0.25, 0.3) is 0 Å². The van der Waals surface area contributed by atoms with Crippen LogP contribution in [0.2, 0.25) is 0 Å². The third kappa shape index (κ3) is 3.90. The summed E-state index contributed by atoms with van der Waals surface area (Å²) in [6.07, 6.45) is 5.10. The zero-order valence-corrected chi connectivity index (χ0v) is 12.6. The highest BCUT2D eigenvalue weighted by atomic mass is 15.2. The summed E-state index contributed by atoms with van der Waals surface area (Å²) in [5.41, 5.74) is 3.93. The van der Waals surface area contributed by atoms with Gasteiger partial charge in [-0.2, -0.15) is 0 Å². The molecule has 0 spiro atoms. The average Bonchev–Trinajstić information content (AvgIpc) is 2.74. The number of aryl methyl sites for hydroxylation is 1. The molecule has 0 amide bonds. The van der Waals surface area contributed by atoms with E-state index in [0.717, 1.165) is 26.2 Å². The van der Waals surface area contributed by atoms with E-state index in [1.165, 1.54) is 23.1 Å². The molecule has 1 atom stereocenters. The first kappa shape index (κ1) is 14.2. The Hall–Kier alpha value is -1.71. The van der Waals surface area contributed by atoms with Crippen LogP contribution in [0.15, 0.2) is 48.8 Å². The van der Waals surface area contributed by atoms with Gasteiger partial charge in [0.1, 0.15) is 0 Å². The Morgan fingerprint density at radius 2 is 2.10 bits per heavy atom. The first-order chi connectivity index (χ1) is 10.3. The molecule has 0 radical (unpaired) electrons. The van der Waals surface area contributed by atoms with E-state index in [2.05, 4.69) is 58.5 Å². The van der Waals surface area contributed by atoms with Gasteiger partial charge in [0.15, 0.2) is 0 Å². The van der Waals surface area contributed by atoms with Crippen molar-refractivity contribution in [3.63, 3.8) is 0 Å². The van der Waals surface area contributed by atoms with E-state index in [1.807, 2.05) is 12.4 Å². The van der Waals surface area contributed by atoms with Crippen molar-refractivity contribution in [2.45, 2.75) is 25.9 Å². The van der Waals surface area contributed by atoms with Crippen LogP contribution < -0.4 is 5.32 Å². The lowest BCUT2D eigenvalue weighted by Gasteiger charge is -2.24. The predicted octanol–water partition coefficient (Wildman–Crippen LogP) is 2.93. The molecule has 1 unspecified atom stereocenters. The quantitative estimate of drug-likeness (QED) is 0.937. The Morgan fingerprint density at radius 3 is 2.90 bits per heavy atom. The molecule has 0 bridgehead atoms. The molecule has 1 aromatic heterocycles. The molecule has 1 aliphatic rings. The fourth-order valence-electron chi connectivity index (χ4n) is 3.01. The van der Waals surface area contributed by atoms with Gasteiger partial charge in [-0.15, -0.1) is 0 Å². The molecule has 1 fully saturated rings. The molecule has 3 nitrogen and oxygen atoms in total. The van der Waals surface area contributed by atoms with E-state index < -0.39 is 0 Å². The van der Waals surface area contributed by atoms with Gasteiger partial charge in [-0.25, -0.2) is 0 Å². The van der Waals surface area contributed by atoms with Crippen LogP contribution in [0.5, 0.6) is 0 Å². The standard InChI is InChI=1S/C18H23N3/c1-15-10-16(12-19-11-15)13-21-9-5-8-20-18(14-21)17-6-3-2-4-7-17/h2-4,6-7,10-12,18,20H,5,8-9,13-14H2,1H3. The Bertz CT molecular complexity index is 568. The topological polar surface area (TPSA) is 28.2 Å². The number of nitrogens with zero attached hydrogens (tertiary/aromatic N) is 2. The van der Waals surface area contributed by atoms with E-state index in [-0.39, 0.29) is 0 Å². The minimum Gasteiger partial charge on any atom is -0.309 e. The molecular formula is C18H23N3.